The average molecular weight is 240 g/mol. The van der Waals surface area contributed by atoms with Gasteiger partial charge in [0, 0.05) is 17.9 Å². The van der Waals surface area contributed by atoms with Crippen molar-refractivity contribution in [3.63, 3.8) is 0 Å². The number of rotatable bonds is 2. The molecule has 0 saturated carbocycles. The van der Waals surface area contributed by atoms with Gasteiger partial charge in [-0.15, -0.1) is 0 Å². The fourth-order valence-electron chi connectivity index (χ4n) is 2.09. The summed E-state index contributed by atoms with van der Waals surface area (Å²) in [7, 11) is 0. The van der Waals surface area contributed by atoms with Crippen molar-refractivity contribution in [3.05, 3.63) is 34.3 Å². The quantitative estimate of drug-likeness (QED) is 0.800. The van der Waals surface area contributed by atoms with Crippen LogP contribution in [0.5, 0.6) is 0 Å². The standard InChI is InChI=1S/C12H14ClNO2/c1-2-16-11(15)12(14)6-8-3-4-10(13)5-9(8)7-12/h3-5H,2,6-7,14H2,1H3. The fourth-order valence-corrected chi connectivity index (χ4v) is 2.29. The van der Waals surface area contributed by atoms with Gasteiger partial charge in [-0.05, 0) is 30.2 Å². The highest BCUT2D eigenvalue weighted by atomic mass is 35.5. The molecular weight excluding hydrogens is 226 g/mol. The van der Waals surface area contributed by atoms with Gasteiger partial charge in [0.2, 0.25) is 0 Å². The first kappa shape index (κ1) is 11.4. The van der Waals surface area contributed by atoms with Gasteiger partial charge in [0.15, 0.2) is 0 Å². The van der Waals surface area contributed by atoms with E-state index >= 15 is 0 Å². The molecule has 3 nitrogen and oxygen atoms in total. The molecule has 0 aliphatic heterocycles. The molecule has 86 valence electrons. The molecule has 0 amide bonds. The van der Waals surface area contributed by atoms with Crippen LogP contribution in [0.25, 0.3) is 0 Å². The molecular formula is C12H14ClNO2. The number of hydrogen-bond acceptors (Lipinski definition) is 3. The highest BCUT2D eigenvalue weighted by Gasteiger charge is 2.41. The van der Waals surface area contributed by atoms with Crippen LogP contribution >= 0.6 is 11.6 Å². The van der Waals surface area contributed by atoms with E-state index in [1.54, 1.807) is 6.92 Å². The predicted molar refractivity (Wildman–Crippen MR) is 62.4 cm³/mol. The molecule has 2 N–H and O–H groups in total. The third-order valence-electron chi connectivity index (χ3n) is 2.86. The number of benzene rings is 1. The molecule has 16 heavy (non-hydrogen) atoms. The van der Waals surface area contributed by atoms with Crippen LogP contribution in [0.4, 0.5) is 0 Å². The summed E-state index contributed by atoms with van der Waals surface area (Å²) in [5.74, 6) is -0.331. The third kappa shape index (κ3) is 1.93. The Morgan fingerprint density at radius 1 is 1.50 bits per heavy atom. The second-order valence-electron chi connectivity index (χ2n) is 4.14. The first-order chi connectivity index (χ1) is 7.55. The van der Waals surface area contributed by atoms with E-state index in [-0.39, 0.29) is 5.97 Å². The van der Waals surface area contributed by atoms with Gasteiger partial charge in [-0.1, -0.05) is 17.7 Å². The highest BCUT2D eigenvalue weighted by molar-refractivity contribution is 6.30. The molecule has 1 aromatic rings. The molecule has 1 aliphatic rings. The lowest BCUT2D eigenvalue weighted by Crippen LogP contribution is -2.50. The van der Waals surface area contributed by atoms with Gasteiger partial charge >= 0.3 is 5.97 Å². The maximum absolute atomic E-state index is 11.7. The molecule has 0 heterocycles. The number of esters is 1. The Kier molecular flexibility index (Phi) is 2.91. The Labute approximate surface area is 99.5 Å². The molecule has 0 radical (unpaired) electrons. The molecule has 1 aliphatic carbocycles. The predicted octanol–water partition coefficient (Wildman–Crippen LogP) is 1.70. The fraction of sp³-hybridized carbons (Fsp3) is 0.417. The first-order valence-corrected chi connectivity index (χ1v) is 5.66. The van der Waals surface area contributed by atoms with E-state index in [0.29, 0.717) is 24.5 Å². The largest absolute Gasteiger partial charge is 0.465 e. The number of fused-ring (bicyclic) bond motifs is 1. The summed E-state index contributed by atoms with van der Waals surface area (Å²) in [5, 5.41) is 0.673. The minimum atomic E-state index is -0.914. The zero-order valence-electron chi connectivity index (χ0n) is 9.13. The Hall–Kier alpha value is -1.06. The molecule has 1 atom stereocenters. The van der Waals surface area contributed by atoms with Gasteiger partial charge in [-0.2, -0.15) is 0 Å². The van der Waals surface area contributed by atoms with Crippen molar-refractivity contribution in [1.82, 2.24) is 0 Å². The Morgan fingerprint density at radius 2 is 2.19 bits per heavy atom. The van der Waals surface area contributed by atoms with E-state index in [2.05, 4.69) is 0 Å². The van der Waals surface area contributed by atoms with Crippen molar-refractivity contribution in [1.29, 1.82) is 0 Å². The van der Waals surface area contributed by atoms with Gasteiger partial charge in [-0.25, -0.2) is 0 Å². The highest BCUT2D eigenvalue weighted by Crippen LogP contribution is 2.31. The van der Waals surface area contributed by atoms with Crippen LogP contribution in [0, 0.1) is 0 Å². The average Bonchev–Trinajstić information content (AvgIpc) is 2.55. The van der Waals surface area contributed by atoms with Crippen molar-refractivity contribution in [2.24, 2.45) is 5.73 Å². The van der Waals surface area contributed by atoms with Crippen LogP contribution in [0.1, 0.15) is 18.1 Å². The van der Waals surface area contributed by atoms with Crippen molar-refractivity contribution in [2.45, 2.75) is 25.3 Å². The lowest BCUT2D eigenvalue weighted by molar-refractivity contribution is -0.149. The number of carbonyl (C=O) groups is 1. The monoisotopic (exact) mass is 239 g/mol. The number of halogens is 1. The van der Waals surface area contributed by atoms with Crippen LogP contribution in [0.3, 0.4) is 0 Å². The lowest BCUT2D eigenvalue weighted by Gasteiger charge is -2.20. The Bertz CT molecular complexity index is 433. The number of ether oxygens (including phenoxy) is 1. The Morgan fingerprint density at radius 3 is 2.88 bits per heavy atom. The maximum Gasteiger partial charge on any atom is 0.326 e. The summed E-state index contributed by atoms with van der Waals surface area (Å²) in [6, 6.07) is 5.60. The topological polar surface area (TPSA) is 52.3 Å². The zero-order chi connectivity index (χ0) is 11.8. The SMILES string of the molecule is CCOC(=O)C1(N)Cc2ccc(Cl)cc2C1. The summed E-state index contributed by atoms with van der Waals surface area (Å²) >= 11 is 5.90. The summed E-state index contributed by atoms with van der Waals surface area (Å²) in [5.41, 5.74) is 7.29. The molecule has 0 bridgehead atoms. The van der Waals surface area contributed by atoms with Crippen LogP contribution in [0.15, 0.2) is 18.2 Å². The smallest absolute Gasteiger partial charge is 0.326 e. The normalized spacial score (nSPS) is 22.9. The molecule has 2 rings (SSSR count). The van der Waals surface area contributed by atoms with E-state index < -0.39 is 5.54 Å². The molecule has 0 spiro atoms. The van der Waals surface area contributed by atoms with E-state index in [1.165, 1.54) is 0 Å². The minimum Gasteiger partial charge on any atom is -0.465 e. The van der Waals surface area contributed by atoms with Crippen LogP contribution in [0.2, 0.25) is 5.02 Å². The van der Waals surface area contributed by atoms with Crippen LogP contribution in [-0.4, -0.2) is 18.1 Å². The Balaban J connectivity index is 2.24. The van der Waals surface area contributed by atoms with Crippen molar-refractivity contribution in [3.8, 4) is 0 Å². The molecule has 4 heteroatoms. The third-order valence-corrected chi connectivity index (χ3v) is 3.10. The van der Waals surface area contributed by atoms with Gasteiger partial charge in [-0.3, -0.25) is 4.79 Å². The summed E-state index contributed by atoms with van der Waals surface area (Å²) in [6.07, 6.45) is 1.03. The van der Waals surface area contributed by atoms with Crippen molar-refractivity contribution in [2.75, 3.05) is 6.61 Å². The second kappa shape index (κ2) is 4.07. The van der Waals surface area contributed by atoms with E-state index in [1.807, 2.05) is 18.2 Å². The minimum absolute atomic E-state index is 0.331. The lowest BCUT2D eigenvalue weighted by atomic mass is 9.98. The van der Waals surface area contributed by atoms with Gasteiger partial charge < -0.3 is 10.5 Å². The molecule has 0 saturated heterocycles. The van der Waals surface area contributed by atoms with E-state index in [9.17, 15) is 4.79 Å². The first-order valence-electron chi connectivity index (χ1n) is 5.28. The summed E-state index contributed by atoms with van der Waals surface area (Å²) < 4.78 is 4.99. The van der Waals surface area contributed by atoms with Gasteiger partial charge in [0.25, 0.3) is 0 Å². The molecule has 1 aromatic carbocycles. The molecule has 0 fully saturated rings. The van der Waals surface area contributed by atoms with Gasteiger partial charge in [0.1, 0.15) is 5.54 Å². The van der Waals surface area contributed by atoms with Crippen molar-refractivity contribution < 1.29 is 9.53 Å². The number of carbonyl (C=O) groups excluding carboxylic acids is 1. The van der Waals surface area contributed by atoms with E-state index in [0.717, 1.165) is 11.1 Å². The summed E-state index contributed by atoms with van der Waals surface area (Å²) in [6.45, 7) is 2.13. The molecule has 1 unspecified atom stereocenters. The zero-order valence-corrected chi connectivity index (χ0v) is 9.88. The number of hydrogen-bond donors (Lipinski definition) is 1. The maximum atomic E-state index is 11.7. The van der Waals surface area contributed by atoms with Crippen molar-refractivity contribution >= 4 is 17.6 Å². The molecule has 0 aromatic heterocycles. The second-order valence-corrected chi connectivity index (χ2v) is 4.58. The van der Waals surface area contributed by atoms with Crippen LogP contribution < -0.4 is 5.73 Å². The number of nitrogens with two attached hydrogens (primary N) is 1. The van der Waals surface area contributed by atoms with Gasteiger partial charge in [0.05, 0.1) is 6.61 Å². The summed E-state index contributed by atoms with van der Waals surface area (Å²) in [4.78, 5) is 11.7. The van der Waals surface area contributed by atoms with E-state index in [4.69, 9.17) is 22.1 Å². The van der Waals surface area contributed by atoms with Crippen LogP contribution in [-0.2, 0) is 22.4 Å².